The van der Waals surface area contributed by atoms with Crippen LogP contribution in [0.1, 0.15) is 68.7 Å². The number of rotatable bonds is 10. The van der Waals surface area contributed by atoms with E-state index in [-0.39, 0.29) is 23.0 Å². The molecule has 0 radical (unpaired) electrons. The molecule has 0 aliphatic rings. The Morgan fingerprint density at radius 1 is 1.04 bits per heavy atom. The quantitative estimate of drug-likeness (QED) is 0.624. The van der Waals surface area contributed by atoms with Crippen LogP contribution in [0.15, 0.2) is 0 Å². The van der Waals surface area contributed by atoms with Gasteiger partial charge in [-0.15, -0.1) is 0 Å². The first kappa shape index (κ1) is 22.5. The van der Waals surface area contributed by atoms with E-state index >= 15 is 0 Å². The summed E-state index contributed by atoms with van der Waals surface area (Å²) in [5.41, 5.74) is 4.62. The molecule has 5 heteroatoms. The van der Waals surface area contributed by atoms with Crippen molar-refractivity contribution in [2.75, 3.05) is 19.9 Å². The fourth-order valence-corrected chi connectivity index (χ4v) is 1.70. The Kier molecular flexibility index (Phi) is 8.38. The van der Waals surface area contributed by atoms with Crippen molar-refractivity contribution in [3.05, 3.63) is 0 Å². The van der Waals surface area contributed by atoms with Crippen molar-refractivity contribution < 1.29 is 14.3 Å². The zero-order chi connectivity index (χ0) is 18.5. The van der Waals surface area contributed by atoms with Crippen LogP contribution >= 0.6 is 0 Å². The number of ketones is 1. The average molecular weight is 331 g/mol. The van der Waals surface area contributed by atoms with E-state index in [1.54, 1.807) is 13.8 Å². The lowest BCUT2D eigenvalue weighted by Crippen LogP contribution is -2.50. The van der Waals surface area contributed by atoms with Crippen molar-refractivity contribution in [2.24, 2.45) is 5.73 Å². The topological polar surface area (TPSA) is 64.8 Å². The molecule has 0 aliphatic carbocycles. The Bertz CT molecular complexity index is 365. The summed E-state index contributed by atoms with van der Waals surface area (Å²) in [5, 5.41) is 0. The molecular formula is C18H38N2O3. The number of Topliss-reactive ketones (excluding diaryl/α,β-unsaturated/α-hetero) is 1. The number of nitrogens with two attached hydrogens (primary N) is 1. The summed E-state index contributed by atoms with van der Waals surface area (Å²) in [6.45, 7) is 19.2. The minimum absolute atomic E-state index is 0.0173. The molecule has 0 amide bonds. The summed E-state index contributed by atoms with van der Waals surface area (Å²) >= 11 is 0. The van der Waals surface area contributed by atoms with E-state index < -0.39 is 5.54 Å². The minimum atomic E-state index is -0.816. The Morgan fingerprint density at radius 2 is 1.57 bits per heavy atom. The molecule has 0 rings (SSSR count). The molecule has 0 aliphatic heterocycles. The minimum Gasteiger partial charge on any atom is -0.376 e. The molecule has 0 aromatic carbocycles. The summed E-state index contributed by atoms with van der Waals surface area (Å²) in [6, 6.07) is 0.211. The molecule has 0 unspecified atom stereocenters. The fraction of sp³-hybridized carbons (Fsp3) is 0.944. The van der Waals surface area contributed by atoms with E-state index in [2.05, 4.69) is 13.8 Å². The van der Waals surface area contributed by atoms with E-state index in [1.165, 1.54) is 0 Å². The van der Waals surface area contributed by atoms with Gasteiger partial charge < -0.3 is 15.2 Å². The molecule has 0 bridgehead atoms. The second-order valence-corrected chi connectivity index (χ2v) is 8.73. The summed E-state index contributed by atoms with van der Waals surface area (Å²) in [7, 11) is 0. The highest BCUT2D eigenvalue weighted by Gasteiger charge is 2.27. The van der Waals surface area contributed by atoms with Crippen molar-refractivity contribution in [1.29, 1.82) is 0 Å². The van der Waals surface area contributed by atoms with Crippen LogP contribution in [0.25, 0.3) is 0 Å². The SMILES string of the molecule is CC(C)N(COC(C)(C)CCOC(C)(C)C)CC(=O)C(C)(C)N. The highest BCUT2D eigenvalue weighted by atomic mass is 16.5. The van der Waals surface area contributed by atoms with E-state index in [0.717, 1.165) is 6.42 Å². The van der Waals surface area contributed by atoms with Gasteiger partial charge in [0, 0.05) is 12.6 Å². The molecular weight excluding hydrogens is 292 g/mol. The van der Waals surface area contributed by atoms with Gasteiger partial charge in [-0.2, -0.15) is 0 Å². The Labute approximate surface area is 142 Å². The third kappa shape index (κ3) is 10.8. The molecule has 0 atom stereocenters. The van der Waals surface area contributed by atoms with E-state index in [9.17, 15) is 4.79 Å². The van der Waals surface area contributed by atoms with E-state index in [1.807, 2.05) is 39.5 Å². The predicted molar refractivity (Wildman–Crippen MR) is 95.5 cm³/mol. The van der Waals surface area contributed by atoms with Crippen LogP contribution in [0.5, 0.6) is 0 Å². The summed E-state index contributed by atoms with van der Waals surface area (Å²) in [6.07, 6.45) is 0.798. The van der Waals surface area contributed by atoms with E-state index in [0.29, 0.717) is 19.9 Å². The monoisotopic (exact) mass is 330 g/mol. The maximum absolute atomic E-state index is 12.1. The number of carbonyl (C=O) groups is 1. The summed E-state index contributed by atoms with van der Waals surface area (Å²) < 4.78 is 11.8. The largest absolute Gasteiger partial charge is 0.376 e. The lowest BCUT2D eigenvalue weighted by molar-refractivity contribution is -0.132. The fourth-order valence-electron chi connectivity index (χ4n) is 1.70. The third-order valence-electron chi connectivity index (χ3n) is 3.66. The van der Waals surface area contributed by atoms with Crippen molar-refractivity contribution in [3.63, 3.8) is 0 Å². The lowest BCUT2D eigenvalue weighted by atomic mass is 10.0. The zero-order valence-electron chi connectivity index (χ0n) is 16.7. The van der Waals surface area contributed by atoms with Gasteiger partial charge in [-0.25, -0.2) is 0 Å². The number of ether oxygens (including phenoxy) is 2. The highest BCUT2D eigenvalue weighted by molar-refractivity contribution is 5.89. The van der Waals surface area contributed by atoms with Gasteiger partial charge in [0.25, 0.3) is 0 Å². The Morgan fingerprint density at radius 3 is 1.96 bits per heavy atom. The summed E-state index contributed by atoms with van der Waals surface area (Å²) in [4.78, 5) is 14.1. The molecule has 0 aromatic rings. The van der Waals surface area contributed by atoms with Crippen LogP contribution in [0.4, 0.5) is 0 Å². The van der Waals surface area contributed by atoms with Gasteiger partial charge in [-0.3, -0.25) is 9.69 Å². The molecule has 23 heavy (non-hydrogen) atoms. The van der Waals surface area contributed by atoms with Crippen molar-refractivity contribution in [3.8, 4) is 0 Å². The number of hydrogen-bond donors (Lipinski definition) is 1. The second-order valence-electron chi connectivity index (χ2n) is 8.73. The maximum atomic E-state index is 12.1. The van der Waals surface area contributed by atoms with Crippen molar-refractivity contribution in [1.82, 2.24) is 4.90 Å². The van der Waals surface area contributed by atoms with Crippen molar-refractivity contribution in [2.45, 2.75) is 91.5 Å². The van der Waals surface area contributed by atoms with Crippen LogP contribution in [0.2, 0.25) is 0 Å². The molecule has 0 aromatic heterocycles. The predicted octanol–water partition coefficient (Wildman–Crippen LogP) is 2.96. The normalized spacial score (nSPS) is 13.9. The standard InChI is InChI=1S/C18H38N2O3/c1-14(2)20(12-15(21)18(8,9)19)13-23-17(6,7)10-11-22-16(3,4)5/h14H,10-13,19H2,1-9H3. The molecule has 0 spiro atoms. The first-order chi connectivity index (χ1) is 10.1. The second kappa shape index (κ2) is 8.56. The number of carbonyl (C=O) groups excluding carboxylic acids is 1. The molecule has 5 nitrogen and oxygen atoms in total. The first-order valence-corrected chi connectivity index (χ1v) is 8.48. The average Bonchev–Trinajstić information content (AvgIpc) is 2.30. The van der Waals surface area contributed by atoms with Gasteiger partial charge in [0.05, 0.1) is 23.3 Å². The molecule has 0 saturated heterocycles. The van der Waals surface area contributed by atoms with Gasteiger partial charge in [0.2, 0.25) is 0 Å². The van der Waals surface area contributed by atoms with Gasteiger partial charge in [0.1, 0.15) is 6.73 Å². The van der Waals surface area contributed by atoms with Gasteiger partial charge in [0.15, 0.2) is 5.78 Å². The zero-order valence-corrected chi connectivity index (χ0v) is 16.7. The molecule has 138 valence electrons. The van der Waals surface area contributed by atoms with Crippen LogP contribution in [0, 0.1) is 0 Å². The molecule has 2 N–H and O–H groups in total. The van der Waals surface area contributed by atoms with E-state index in [4.69, 9.17) is 15.2 Å². The third-order valence-corrected chi connectivity index (χ3v) is 3.66. The van der Waals surface area contributed by atoms with Crippen LogP contribution in [-0.4, -0.2) is 53.3 Å². The molecule has 0 saturated carbocycles. The van der Waals surface area contributed by atoms with Gasteiger partial charge >= 0.3 is 0 Å². The van der Waals surface area contributed by atoms with Crippen molar-refractivity contribution >= 4 is 5.78 Å². The first-order valence-electron chi connectivity index (χ1n) is 8.48. The summed E-state index contributed by atoms with van der Waals surface area (Å²) in [5.74, 6) is 0.0173. The highest BCUT2D eigenvalue weighted by Crippen LogP contribution is 2.18. The van der Waals surface area contributed by atoms with Crippen LogP contribution in [0.3, 0.4) is 0 Å². The smallest absolute Gasteiger partial charge is 0.166 e. The molecule has 0 fully saturated rings. The lowest BCUT2D eigenvalue weighted by Gasteiger charge is -2.33. The maximum Gasteiger partial charge on any atom is 0.166 e. The Hall–Kier alpha value is -0.490. The van der Waals surface area contributed by atoms with Gasteiger partial charge in [-0.05, 0) is 68.7 Å². The van der Waals surface area contributed by atoms with Crippen LogP contribution in [-0.2, 0) is 14.3 Å². The van der Waals surface area contributed by atoms with Crippen LogP contribution < -0.4 is 5.73 Å². The number of hydrogen-bond acceptors (Lipinski definition) is 5. The molecule has 0 heterocycles. The number of nitrogens with zero attached hydrogens (tertiary/aromatic N) is 1. The Balaban J connectivity index is 4.47. The van der Waals surface area contributed by atoms with Gasteiger partial charge in [-0.1, -0.05) is 0 Å².